The molecule has 3 N–H and O–H groups in total. The summed E-state index contributed by atoms with van der Waals surface area (Å²) in [5, 5.41) is 26.6. The maximum atomic E-state index is 13.9. The van der Waals surface area contributed by atoms with Gasteiger partial charge in [0.2, 0.25) is 0 Å². The Balaban J connectivity index is 1.25. The number of nitrogens with zero attached hydrogens (tertiary/aromatic N) is 6. The lowest BCUT2D eigenvalue weighted by molar-refractivity contribution is 0.122. The van der Waals surface area contributed by atoms with Crippen LogP contribution in [-0.4, -0.2) is 56.2 Å². The molecule has 1 fully saturated rings. The lowest BCUT2D eigenvalue weighted by atomic mass is 10.0. The van der Waals surface area contributed by atoms with Crippen molar-refractivity contribution in [1.29, 1.82) is 0 Å². The van der Waals surface area contributed by atoms with Crippen LogP contribution in [0.1, 0.15) is 48.4 Å². The molecule has 11 heteroatoms. The van der Waals surface area contributed by atoms with Gasteiger partial charge >= 0.3 is 0 Å². The minimum Gasteiger partial charge on any atom is -0.378 e. The first-order valence-corrected chi connectivity index (χ1v) is 14.3. The summed E-state index contributed by atoms with van der Waals surface area (Å²) in [5.41, 5.74) is 7.63. The number of nitrogens with one attached hydrogen (secondary N) is 2. The molecule has 0 bridgehead atoms. The SMILES string of the molecule is CC(C)c1c(C(O)Nc2ccc(N3CCOCC3)cc2)nn2c(-c3cn[nH]c3)cc(N3Cc4ccc(F)cc4C3)nc12. The first-order valence-electron chi connectivity index (χ1n) is 14.3. The van der Waals surface area contributed by atoms with Crippen LogP contribution >= 0.6 is 0 Å². The van der Waals surface area contributed by atoms with Crippen molar-refractivity contribution in [1.82, 2.24) is 24.8 Å². The first-order chi connectivity index (χ1) is 20.4. The van der Waals surface area contributed by atoms with Gasteiger partial charge < -0.3 is 25.0 Å². The van der Waals surface area contributed by atoms with E-state index in [0.29, 0.717) is 24.4 Å². The van der Waals surface area contributed by atoms with Gasteiger partial charge in [-0.2, -0.15) is 10.2 Å². The second-order valence-electron chi connectivity index (χ2n) is 11.1. The predicted molar refractivity (Wildman–Crippen MR) is 159 cm³/mol. The third kappa shape index (κ3) is 4.84. The monoisotopic (exact) mass is 568 g/mol. The molecule has 5 aromatic rings. The van der Waals surface area contributed by atoms with E-state index in [9.17, 15) is 9.50 Å². The highest BCUT2D eigenvalue weighted by molar-refractivity contribution is 5.70. The number of H-pyrrole nitrogens is 1. The molecule has 1 unspecified atom stereocenters. The number of ether oxygens (including phenoxy) is 1. The molecular weight excluding hydrogens is 535 g/mol. The van der Waals surface area contributed by atoms with E-state index in [2.05, 4.69) is 51.3 Å². The Morgan fingerprint density at radius 2 is 1.79 bits per heavy atom. The summed E-state index contributed by atoms with van der Waals surface area (Å²) in [6.07, 6.45) is 2.50. The van der Waals surface area contributed by atoms with Gasteiger partial charge in [0.25, 0.3) is 0 Å². The quantitative estimate of drug-likeness (QED) is 0.240. The second kappa shape index (κ2) is 10.7. The second-order valence-corrected chi connectivity index (χ2v) is 11.1. The van der Waals surface area contributed by atoms with Gasteiger partial charge in [0, 0.05) is 60.9 Å². The number of hydrogen-bond acceptors (Lipinski definition) is 8. The molecule has 2 aromatic carbocycles. The number of hydrogen-bond donors (Lipinski definition) is 3. The van der Waals surface area contributed by atoms with Crippen molar-refractivity contribution < 1.29 is 14.2 Å². The topological polar surface area (TPSA) is 107 Å². The van der Waals surface area contributed by atoms with Crippen LogP contribution in [-0.2, 0) is 17.8 Å². The van der Waals surface area contributed by atoms with Crippen molar-refractivity contribution in [3.05, 3.63) is 89.1 Å². The van der Waals surface area contributed by atoms with Gasteiger partial charge in [-0.1, -0.05) is 19.9 Å². The number of rotatable bonds is 7. The fraction of sp³-hybridized carbons (Fsp3) is 0.323. The molecule has 0 spiro atoms. The number of aliphatic hydroxyl groups excluding tert-OH is 1. The van der Waals surface area contributed by atoms with E-state index in [1.54, 1.807) is 16.8 Å². The van der Waals surface area contributed by atoms with E-state index in [0.717, 1.165) is 71.4 Å². The van der Waals surface area contributed by atoms with Crippen LogP contribution in [0, 0.1) is 5.82 Å². The summed E-state index contributed by atoms with van der Waals surface area (Å²) in [5.74, 6) is 0.546. The number of aliphatic hydroxyl groups is 1. The average molecular weight is 569 g/mol. The first kappa shape index (κ1) is 26.4. The molecule has 3 aromatic heterocycles. The number of halogens is 1. The smallest absolute Gasteiger partial charge is 0.170 e. The molecule has 1 saturated heterocycles. The van der Waals surface area contributed by atoms with E-state index >= 15 is 0 Å². The number of aromatic amines is 1. The third-order valence-corrected chi connectivity index (χ3v) is 8.03. The summed E-state index contributed by atoms with van der Waals surface area (Å²) in [6.45, 7) is 8.52. The highest BCUT2D eigenvalue weighted by atomic mass is 19.1. The molecule has 7 rings (SSSR count). The highest BCUT2D eigenvalue weighted by Gasteiger charge is 2.28. The van der Waals surface area contributed by atoms with Gasteiger partial charge in [-0.25, -0.2) is 13.9 Å². The molecule has 0 radical (unpaired) electrons. The molecular formula is C31H33FN8O2. The Kier molecular flexibility index (Phi) is 6.75. The van der Waals surface area contributed by atoms with Crippen LogP contribution in [0.4, 0.5) is 21.6 Å². The number of fused-ring (bicyclic) bond motifs is 2. The van der Waals surface area contributed by atoms with E-state index in [1.165, 1.54) is 6.07 Å². The van der Waals surface area contributed by atoms with E-state index in [4.69, 9.17) is 14.8 Å². The molecule has 0 saturated carbocycles. The fourth-order valence-electron chi connectivity index (χ4n) is 5.89. The summed E-state index contributed by atoms with van der Waals surface area (Å²) in [7, 11) is 0. The number of aromatic nitrogens is 5. The van der Waals surface area contributed by atoms with Gasteiger partial charge in [0.15, 0.2) is 11.9 Å². The van der Waals surface area contributed by atoms with Crippen LogP contribution in [0.15, 0.2) is 60.9 Å². The van der Waals surface area contributed by atoms with Crippen LogP contribution < -0.4 is 15.1 Å². The Hall–Kier alpha value is -4.48. The maximum absolute atomic E-state index is 13.9. The average Bonchev–Trinajstić information content (AvgIpc) is 3.76. The highest BCUT2D eigenvalue weighted by Crippen LogP contribution is 2.35. The van der Waals surface area contributed by atoms with E-state index in [1.807, 2.05) is 30.5 Å². The molecule has 1 atom stereocenters. The van der Waals surface area contributed by atoms with Crippen molar-refractivity contribution in [2.75, 3.05) is 41.4 Å². The summed E-state index contributed by atoms with van der Waals surface area (Å²) >= 11 is 0. The van der Waals surface area contributed by atoms with Gasteiger partial charge in [0.1, 0.15) is 17.3 Å². The Labute approximate surface area is 242 Å². The molecule has 2 aliphatic heterocycles. The minimum atomic E-state index is -1.06. The van der Waals surface area contributed by atoms with Gasteiger partial charge in [-0.3, -0.25) is 5.10 Å². The molecule has 2 aliphatic rings. The zero-order valence-corrected chi connectivity index (χ0v) is 23.6. The number of benzene rings is 2. The van der Waals surface area contributed by atoms with Crippen molar-refractivity contribution in [2.45, 2.75) is 39.1 Å². The van der Waals surface area contributed by atoms with Gasteiger partial charge in [-0.05, 0) is 53.4 Å². The van der Waals surface area contributed by atoms with E-state index < -0.39 is 6.23 Å². The predicted octanol–water partition coefficient (Wildman–Crippen LogP) is 4.84. The Morgan fingerprint density at radius 3 is 2.52 bits per heavy atom. The lowest BCUT2D eigenvalue weighted by Gasteiger charge is -2.29. The molecule has 0 aliphatic carbocycles. The molecule has 5 heterocycles. The molecule has 42 heavy (non-hydrogen) atoms. The van der Waals surface area contributed by atoms with Crippen molar-refractivity contribution in [3.8, 4) is 11.3 Å². The summed E-state index contributed by atoms with van der Waals surface area (Å²) in [4.78, 5) is 9.50. The summed E-state index contributed by atoms with van der Waals surface area (Å²) in [6, 6.07) is 15.0. The largest absolute Gasteiger partial charge is 0.378 e. The lowest BCUT2D eigenvalue weighted by Crippen LogP contribution is -2.36. The fourth-order valence-corrected chi connectivity index (χ4v) is 5.89. The van der Waals surface area contributed by atoms with Crippen LogP contribution in [0.2, 0.25) is 0 Å². The zero-order valence-electron chi connectivity index (χ0n) is 23.6. The normalized spacial score (nSPS) is 15.9. The zero-order chi connectivity index (χ0) is 28.8. The van der Waals surface area contributed by atoms with Crippen molar-refractivity contribution in [2.24, 2.45) is 0 Å². The standard InChI is InChI=1S/C31H33FN8O2/c1-19(2)28-29(31(41)35-24-5-7-25(8-6-24)38-9-11-42-12-10-38)37-40-26(22-15-33-34-16-22)14-27(36-30(28)40)39-17-20-3-4-23(32)13-21(20)18-39/h3-8,13-16,19,31,35,41H,9-12,17-18H2,1-2H3,(H,33,34). The van der Waals surface area contributed by atoms with Gasteiger partial charge in [0.05, 0.1) is 25.1 Å². The minimum absolute atomic E-state index is 0.0301. The third-order valence-electron chi connectivity index (χ3n) is 8.03. The Morgan fingerprint density at radius 1 is 1.00 bits per heavy atom. The van der Waals surface area contributed by atoms with E-state index in [-0.39, 0.29) is 11.7 Å². The molecule has 10 nitrogen and oxygen atoms in total. The number of anilines is 3. The number of morpholine rings is 1. The van der Waals surface area contributed by atoms with Crippen LogP contribution in [0.25, 0.3) is 16.9 Å². The molecule has 0 amide bonds. The maximum Gasteiger partial charge on any atom is 0.170 e. The summed E-state index contributed by atoms with van der Waals surface area (Å²) < 4.78 is 21.2. The van der Waals surface area contributed by atoms with Crippen molar-refractivity contribution in [3.63, 3.8) is 0 Å². The van der Waals surface area contributed by atoms with Gasteiger partial charge in [-0.15, -0.1) is 0 Å². The molecule has 216 valence electrons. The van der Waals surface area contributed by atoms with Crippen molar-refractivity contribution >= 4 is 22.8 Å². The Bertz CT molecular complexity index is 1710. The van der Waals surface area contributed by atoms with Crippen LogP contribution in [0.3, 0.4) is 0 Å². The van der Waals surface area contributed by atoms with Crippen LogP contribution in [0.5, 0.6) is 0 Å².